The molecular formula is C33H25N5O2. The Hall–Kier alpha value is -5.04. The van der Waals surface area contributed by atoms with Gasteiger partial charge in [0.1, 0.15) is 0 Å². The van der Waals surface area contributed by atoms with Gasteiger partial charge in [-0.2, -0.15) is 5.10 Å². The molecule has 2 heterocycles. The number of rotatable bonds is 4. The lowest BCUT2D eigenvalue weighted by Gasteiger charge is -2.52. The molecule has 3 aliphatic carbocycles. The molecular weight excluding hydrogens is 498 g/mol. The standard InChI is InChI=1S/C33H25N5O2/c1-19-14-16-20(17-15-19)38-30(39)28-27-21-8-2-4-10-23(21)33(29(28)31(38)40,24-11-5-3-9-22(24)27)18-34-37-32-35-25-12-6-7-13-26(25)36-32/h2-18,27-29H,1H3,(H2,35,36,37)/b34-18-/t27?,28-,29-,33?/m1/s1. The molecule has 1 fully saturated rings. The number of aromatic nitrogens is 2. The van der Waals surface area contributed by atoms with Gasteiger partial charge in [0.2, 0.25) is 17.8 Å². The van der Waals surface area contributed by atoms with E-state index in [1.54, 1.807) is 0 Å². The van der Waals surface area contributed by atoms with Gasteiger partial charge in [-0.25, -0.2) is 15.3 Å². The zero-order valence-corrected chi connectivity index (χ0v) is 21.7. The highest BCUT2D eigenvalue weighted by molar-refractivity contribution is 6.25. The number of benzene rings is 4. The van der Waals surface area contributed by atoms with Crippen molar-refractivity contribution < 1.29 is 9.59 Å². The summed E-state index contributed by atoms with van der Waals surface area (Å²) in [6, 6.07) is 31.7. The molecule has 2 atom stereocenters. The second-order valence-corrected chi connectivity index (χ2v) is 10.8. The largest absolute Gasteiger partial charge is 0.323 e. The zero-order valence-electron chi connectivity index (χ0n) is 21.7. The first-order valence-electron chi connectivity index (χ1n) is 13.5. The number of hydrazone groups is 1. The van der Waals surface area contributed by atoms with E-state index in [9.17, 15) is 9.59 Å². The van der Waals surface area contributed by atoms with Crippen LogP contribution in [0.1, 0.15) is 33.7 Å². The minimum Gasteiger partial charge on any atom is -0.323 e. The number of imidazole rings is 1. The lowest BCUT2D eigenvalue weighted by molar-refractivity contribution is -0.122. The highest BCUT2D eigenvalue weighted by atomic mass is 16.2. The molecule has 0 unspecified atom stereocenters. The van der Waals surface area contributed by atoms with Crippen molar-refractivity contribution >= 4 is 40.7 Å². The van der Waals surface area contributed by atoms with Gasteiger partial charge in [0.05, 0.1) is 34.0 Å². The number of aryl methyl sites for hydroxylation is 1. The fourth-order valence-corrected chi connectivity index (χ4v) is 7.20. The number of anilines is 2. The van der Waals surface area contributed by atoms with Crippen molar-refractivity contribution in [2.24, 2.45) is 16.9 Å². The van der Waals surface area contributed by atoms with Crippen LogP contribution in [0.25, 0.3) is 11.0 Å². The summed E-state index contributed by atoms with van der Waals surface area (Å²) in [6.45, 7) is 1.99. The smallest absolute Gasteiger partial charge is 0.239 e. The van der Waals surface area contributed by atoms with Gasteiger partial charge in [0.25, 0.3) is 0 Å². The maximum Gasteiger partial charge on any atom is 0.239 e. The molecule has 5 aromatic rings. The number of carbonyl (C=O) groups excluding carboxylic acids is 2. The van der Waals surface area contributed by atoms with Crippen LogP contribution in [0.15, 0.2) is 102 Å². The molecule has 4 aliphatic rings. The minimum absolute atomic E-state index is 0.157. The summed E-state index contributed by atoms with van der Waals surface area (Å²) in [5.41, 5.74) is 9.72. The Morgan fingerprint density at radius 3 is 2.20 bits per heavy atom. The maximum atomic E-state index is 14.4. The van der Waals surface area contributed by atoms with Crippen molar-refractivity contribution in [3.05, 3.63) is 125 Å². The van der Waals surface area contributed by atoms with E-state index in [1.165, 1.54) is 4.90 Å². The number of nitrogens with one attached hydrogen (secondary N) is 2. The van der Waals surface area contributed by atoms with Gasteiger partial charge in [-0.15, -0.1) is 0 Å². The van der Waals surface area contributed by atoms with Gasteiger partial charge in [-0.3, -0.25) is 9.59 Å². The van der Waals surface area contributed by atoms with E-state index in [1.807, 2.05) is 85.9 Å². The number of carbonyl (C=O) groups is 2. The zero-order chi connectivity index (χ0) is 27.0. The number of para-hydroxylation sites is 2. The normalized spacial score (nSPS) is 24.4. The van der Waals surface area contributed by atoms with E-state index >= 15 is 0 Å². The van der Waals surface area contributed by atoms with Crippen LogP contribution in [0.4, 0.5) is 11.6 Å². The highest BCUT2D eigenvalue weighted by Crippen LogP contribution is 2.63. The van der Waals surface area contributed by atoms with Gasteiger partial charge in [-0.05, 0) is 53.4 Å². The Morgan fingerprint density at radius 1 is 0.850 bits per heavy atom. The van der Waals surface area contributed by atoms with Gasteiger partial charge >= 0.3 is 0 Å². The number of H-pyrrole nitrogens is 1. The van der Waals surface area contributed by atoms with Crippen LogP contribution < -0.4 is 10.3 Å². The second kappa shape index (κ2) is 8.23. The summed E-state index contributed by atoms with van der Waals surface area (Å²) in [7, 11) is 0. The molecule has 7 nitrogen and oxygen atoms in total. The minimum atomic E-state index is -0.933. The van der Waals surface area contributed by atoms with E-state index < -0.39 is 17.3 Å². The molecule has 2 N–H and O–H groups in total. The van der Waals surface area contributed by atoms with Crippen molar-refractivity contribution in [1.82, 2.24) is 9.97 Å². The Labute approximate surface area is 230 Å². The fraction of sp³-hybridized carbons (Fsp3) is 0.152. The van der Waals surface area contributed by atoms with E-state index in [0.29, 0.717) is 11.6 Å². The summed E-state index contributed by atoms with van der Waals surface area (Å²) in [5.74, 6) is -1.21. The predicted octanol–water partition coefficient (Wildman–Crippen LogP) is 5.52. The number of amides is 2. The number of hydrogen-bond acceptors (Lipinski definition) is 5. The third-order valence-electron chi connectivity index (χ3n) is 8.80. The SMILES string of the molecule is Cc1ccc(N2C(=O)[C@@H]3C4c5ccccc5C(/C=N\Nc5nc6ccccc6[nH]5)(c5ccccc54)[C@H]3C2=O)cc1. The van der Waals surface area contributed by atoms with Crippen molar-refractivity contribution in [2.45, 2.75) is 18.3 Å². The third kappa shape index (κ3) is 2.94. The van der Waals surface area contributed by atoms with Gasteiger partial charge in [0.15, 0.2) is 0 Å². The number of imide groups is 1. The lowest BCUT2D eigenvalue weighted by Crippen LogP contribution is -2.54. The van der Waals surface area contributed by atoms with Crippen LogP contribution in [0.2, 0.25) is 0 Å². The van der Waals surface area contributed by atoms with Crippen LogP contribution in [-0.2, 0) is 15.0 Å². The first-order valence-corrected chi connectivity index (χ1v) is 13.5. The molecule has 0 spiro atoms. The topological polar surface area (TPSA) is 90.4 Å². The molecule has 1 saturated heterocycles. The molecule has 194 valence electrons. The molecule has 7 heteroatoms. The average molecular weight is 524 g/mol. The van der Waals surface area contributed by atoms with E-state index in [0.717, 1.165) is 38.9 Å². The molecule has 9 rings (SSSR count). The first-order chi connectivity index (χ1) is 19.6. The van der Waals surface area contributed by atoms with Crippen molar-refractivity contribution in [2.75, 3.05) is 10.3 Å². The van der Waals surface area contributed by atoms with E-state index in [4.69, 9.17) is 5.10 Å². The van der Waals surface area contributed by atoms with Gasteiger partial charge in [0, 0.05) is 12.1 Å². The number of aromatic amines is 1. The molecule has 2 amide bonds. The molecule has 1 aromatic heterocycles. The average Bonchev–Trinajstić information content (AvgIpc) is 3.52. The summed E-state index contributed by atoms with van der Waals surface area (Å²) >= 11 is 0. The van der Waals surface area contributed by atoms with Crippen LogP contribution in [0, 0.1) is 18.8 Å². The lowest BCUT2D eigenvalue weighted by atomic mass is 9.47. The van der Waals surface area contributed by atoms with Crippen molar-refractivity contribution in [3.63, 3.8) is 0 Å². The summed E-state index contributed by atoms with van der Waals surface area (Å²) in [5, 5.41) is 4.70. The van der Waals surface area contributed by atoms with E-state index in [2.05, 4.69) is 39.7 Å². The number of hydrogen-bond donors (Lipinski definition) is 2. The molecule has 40 heavy (non-hydrogen) atoms. The van der Waals surface area contributed by atoms with Crippen molar-refractivity contribution in [1.29, 1.82) is 0 Å². The fourth-order valence-electron chi connectivity index (χ4n) is 7.20. The van der Waals surface area contributed by atoms with Crippen LogP contribution in [0.3, 0.4) is 0 Å². The van der Waals surface area contributed by atoms with Crippen LogP contribution >= 0.6 is 0 Å². The Morgan fingerprint density at radius 2 is 1.50 bits per heavy atom. The molecule has 1 aliphatic heterocycles. The summed E-state index contributed by atoms with van der Waals surface area (Å²) < 4.78 is 0. The first kappa shape index (κ1) is 22.9. The number of fused-ring (bicyclic) bond motifs is 1. The molecule has 0 radical (unpaired) electrons. The molecule has 4 aromatic carbocycles. The predicted molar refractivity (Wildman–Crippen MR) is 154 cm³/mol. The monoisotopic (exact) mass is 523 g/mol. The Kier molecular flexibility index (Phi) is 4.71. The van der Waals surface area contributed by atoms with Gasteiger partial charge in [-0.1, -0.05) is 78.4 Å². The molecule has 0 saturated carbocycles. The van der Waals surface area contributed by atoms with Gasteiger partial charge < -0.3 is 4.98 Å². The van der Waals surface area contributed by atoms with Crippen LogP contribution in [-0.4, -0.2) is 28.0 Å². The number of nitrogens with zero attached hydrogens (tertiary/aromatic N) is 3. The molecule has 2 bridgehead atoms. The maximum absolute atomic E-state index is 14.4. The Bertz CT molecular complexity index is 1790. The van der Waals surface area contributed by atoms with Crippen molar-refractivity contribution in [3.8, 4) is 0 Å². The van der Waals surface area contributed by atoms with Crippen LogP contribution in [0.5, 0.6) is 0 Å². The summed E-state index contributed by atoms with van der Waals surface area (Å²) in [6.07, 6.45) is 1.83. The second-order valence-electron chi connectivity index (χ2n) is 10.8. The summed E-state index contributed by atoms with van der Waals surface area (Å²) in [4.78, 5) is 37.8. The quantitative estimate of drug-likeness (QED) is 0.184. The third-order valence-corrected chi connectivity index (χ3v) is 8.80. The Balaban J connectivity index is 1.32. The van der Waals surface area contributed by atoms with E-state index in [-0.39, 0.29) is 17.7 Å². The highest BCUT2D eigenvalue weighted by Gasteiger charge is 2.68.